The molecule has 0 bridgehead atoms. The zero-order chi connectivity index (χ0) is 15.2. The maximum absolute atomic E-state index is 11.1. The number of nitrogens with one attached hydrogen (secondary N) is 2. The van der Waals surface area contributed by atoms with Gasteiger partial charge in [-0.25, -0.2) is 4.98 Å². The highest BCUT2D eigenvalue weighted by molar-refractivity contribution is 7.17. The van der Waals surface area contributed by atoms with Gasteiger partial charge in [0, 0.05) is 19.5 Å². The second-order valence-corrected chi connectivity index (χ2v) is 6.15. The molecule has 7 heteroatoms. The van der Waals surface area contributed by atoms with Gasteiger partial charge in [-0.15, -0.1) is 11.3 Å². The van der Waals surface area contributed by atoms with Crippen molar-refractivity contribution in [2.75, 3.05) is 11.9 Å². The van der Waals surface area contributed by atoms with Crippen LogP contribution in [0.15, 0.2) is 11.4 Å². The van der Waals surface area contributed by atoms with Gasteiger partial charge in [0.15, 0.2) is 0 Å². The van der Waals surface area contributed by atoms with Crippen molar-refractivity contribution in [2.45, 2.75) is 39.2 Å². The summed E-state index contributed by atoms with van der Waals surface area (Å²) in [6.07, 6.45) is 3.16. The predicted octanol–water partition coefficient (Wildman–Crippen LogP) is 3.45. The van der Waals surface area contributed by atoms with Crippen LogP contribution in [0.4, 0.5) is 5.82 Å². The number of unbranched alkanes of at least 4 members (excludes halogenated alkanes) is 1. The van der Waals surface area contributed by atoms with E-state index >= 15 is 0 Å². The van der Waals surface area contributed by atoms with E-state index in [1.54, 1.807) is 11.3 Å². The van der Waals surface area contributed by atoms with Gasteiger partial charge in [-0.1, -0.05) is 19.8 Å². The molecular weight excluding hydrogens is 308 g/mol. The number of fused-ring (bicyclic) bond motifs is 1. The molecule has 1 unspecified atom stereocenters. The van der Waals surface area contributed by atoms with Crippen LogP contribution in [0.5, 0.6) is 0 Å². The molecule has 0 aliphatic carbocycles. The zero-order valence-corrected chi connectivity index (χ0v) is 13.7. The predicted molar refractivity (Wildman–Crippen MR) is 88.0 cm³/mol. The van der Waals surface area contributed by atoms with E-state index in [0.717, 1.165) is 35.3 Å². The summed E-state index contributed by atoms with van der Waals surface area (Å²) < 4.78 is 0.990. The lowest BCUT2D eigenvalue weighted by molar-refractivity contribution is -0.119. The van der Waals surface area contributed by atoms with Gasteiger partial charge in [0.2, 0.25) is 11.2 Å². The Labute approximate surface area is 133 Å². The van der Waals surface area contributed by atoms with Crippen LogP contribution in [-0.4, -0.2) is 28.5 Å². The molecule has 21 heavy (non-hydrogen) atoms. The zero-order valence-electron chi connectivity index (χ0n) is 12.1. The van der Waals surface area contributed by atoms with Gasteiger partial charge in [0.25, 0.3) is 0 Å². The molecule has 2 aromatic heterocycles. The average Bonchev–Trinajstić information content (AvgIpc) is 2.89. The Kier molecular flexibility index (Phi) is 5.76. The van der Waals surface area contributed by atoms with Crippen LogP contribution in [0.2, 0.25) is 5.28 Å². The molecule has 2 aromatic rings. The third kappa shape index (κ3) is 4.54. The van der Waals surface area contributed by atoms with Crippen LogP contribution in [0.3, 0.4) is 0 Å². The Morgan fingerprint density at radius 1 is 1.48 bits per heavy atom. The first kappa shape index (κ1) is 16.0. The number of halogens is 1. The molecule has 1 amide bonds. The summed E-state index contributed by atoms with van der Waals surface area (Å²) in [5.41, 5.74) is 0.844. The van der Waals surface area contributed by atoms with Crippen molar-refractivity contribution in [2.24, 2.45) is 0 Å². The Hall–Kier alpha value is -1.40. The van der Waals surface area contributed by atoms with E-state index < -0.39 is 0 Å². The first-order chi connectivity index (χ1) is 10.1. The largest absolute Gasteiger partial charge is 0.364 e. The second kappa shape index (κ2) is 7.56. The van der Waals surface area contributed by atoms with Crippen molar-refractivity contribution >= 4 is 44.9 Å². The number of carbonyl (C=O) groups excluding carboxylic acids is 1. The highest BCUT2D eigenvalue weighted by Gasteiger charge is 2.14. The minimum absolute atomic E-state index is 0.0275. The van der Waals surface area contributed by atoms with E-state index in [1.807, 2.05) is 11.4 Å². The third-order valence-corrected chi connectivity index (χ3v) is 4.20. The van der Waals surface area contributed by atoms with Gasteiger partial charge in [-0.3, -0.25) is 4.79 Å². The number of hydrogen-bond donors (Lipinski definition) is 2. The van der Waals surface area contributed by atoms with E-state index in [-0.39, 0.29) is 17.2 Å². The number of anilines is 1. The van der Waals surface area contributed by atoms with Crippen molar-refractivity contribution in [3.63, 3.8) is 0 Å². The molecule has 0 aromatic carbocycles. The smallest absolute Gasteiger partial charge is 0.224 e. The van der Waals surface area contributed by atoms with Crippen LogP contribution < -0.4 is 10.6 Å². The molecule has 1 atom stereocenters. The molecule has 2 N–H and O–H groups in total. The summed E-state index contributed by atoms with van der Waals surface area (Å²) in [5, 5.41) is 8.46. The van der Waals surface area contributed by atoms with Crippen molar-refractivity contribution in [3.8, 4) is 0 Å². The molecule has 114 valence electrons. The van der Waals surface area contributed by atoms with Crippen LogP contribution >= 0.6 is 22.9 Å². The van der Waals surface area contributed by atoms with E-state index in [2.05, 4.69) is 27.5 Å². The molecule has 0 aliphatic heterocycles. The lowest BCUT2D eigenvalue weighted by atomic mass is 10.1. The summed E-state index contributed by atoms with van der Waals surface area (Å²) >= 11 is 7.55. The number of rotatable bonds is 7. The topological polar surface area (TPSA) is 66.9 Å². The van der Waals surface area contributed by atoms with Crippen LogP contribution in [0.1, 0.15) is 33.1 Å². The molecule has 0 spiro atoms. The maximum Gasteiger partial charge on any atom is 0.224 e. The minimum atomic E-state index is -0.0275. The van der Waals surface area contributed by atoms with E-state index in [0.29, 0.717) is 6.54 Å². The molecule has 0 aliphatic rings. The Morgan fingerprint density at radius 3 is 3.00 bits per heavy atom. The van der Waals surface area contributed by atoms with Gasteiger partial charge in [0.05, 0.1) is 10.2 Å². The number of hydrogen-bond acceptors (Lipinski definition) is 5. The maximum atomic E-state index is 11.1. The Morgan fingerprint density at radius 2 is 2.29 bits per heavy atom. The molecule has 0 saturated heterocycles. The quantitative estimate of drug-likeness (QED) is 0.765. The van der Waals surface area contributed by atoms with Gasteiger partial charge < -0.3 is 10.6 Å². The molecular formula is C14H19ClN4OS. The standard InChI is InChI=1S/C14H19ClN4OS/c1-3-4-5-10(8-16-9(2)20)17-13-12-11(6-7-21-12)18-14(15)19-13/h6-7,10H,3-5,8H2,1-2H3,(H,16,20)(H,17,18,19). The first-order valence-corrected chi connectivity index (χ1v) is 8.27. The number of carbonyl (C=O) groups is 1. The van der Waals surface area contributed by atoms with Crippen LogP contribution in [0.25, 0.3) is 10.2 Å². The molecule has 5 nitrogen and oxygen atoms in total. The fourth-order valence-electron chi connectivity index (χ4n) is 2.07. The highest BCUT2D eigenvalue weighted by atomic mass is 35.5. The SMILES string of the molecule is CCCCC(CNC(C)=O)Nc1nc(Cl)nc2ccsc12. The molecule has 2 rings (SSSR count). The van der Waals surface area contributed by atoms with Crippen LogP contribution in [0, 0.1) is 0 Å². The Balaban J connectivity index is 2.16. The van der Waals surface area contributed by atoms with Crippen molar-refractivity contribution in [3.05, 3.63) is 16.7 Å². The number of aromatic nitrogens is 2. The molecule has 0 radical (unpaired) electrons. The molecule has 2 heterocycles. The normalized spacial score (nSPS) is 12.3. The lowest BCUT2D eigenvalue weighted by Crippen LogP contribution is -2.35. The fourth-order valence-corrected chi connectivity index (χ4v) is 3.03. The fraction of sp³-hybridized carbons (Fsp3) is 0.500. The number of thiophene rings is 1. The summed E-state index contributed by atoms with van der Waals surface area (Å²) in [4.78, 5) is 19.6. The molecule has 0 saturated carbocycles. The third-order valence-electron chi connectivity index (χ3n) is 3.12. The minimum Gasteiger partial charge on any atom is -0.364 e. The average molecular weight is 327 g/mol. The van der Waals surface area contributed by atoms with Crippen molar-refractivity contribution < 1.29 is 4.79 Å². The summed E-state index contributed by atoms with van der Waals surface area (Å²) in [6, 6.07) is 2.05. The number of amides is 1. The summed E-state index contributed by atoms with van der Waals surface area (Å²) in [7, 11) is 0. The van der Waals surface area contributed by atoms with Crippen molar-refractivity contribution in [1.82, 2.24) is 15.3 Å². The van der Waals surface area contributed by atoms with Gasteiger partial charge >= 0.3 is 0 Å². The number of nitrogens with zero attached hydrogens (tertiary/aromatic N) is 2. The van der Waals surface area contributed by atoms with E-state index in [9.17, 15) is 4.79 Å². The van der Waals surface area contributed by atoms with Crippen LogP contribution in [-0.2, 0) is 4.79 Å². The van der Waals surface area contributed by atoms with Gasteiger partial charge in [-0.2, -0.15) is 4.98 Å². The second-order valence-electron chi connectivity index (χ2n) is 4.90. The summed E-state index contributed by atoms with van der Waals surface area (Å²) in [6.45, 7) is 4.24. The lowest BCUT2D eigenvalue weighted by Gasteiger charge is -2.19. The van der Waals surface area contributed by atoms with Crippen molar-refractivity contribution in [1.29, 1.82) is 0 Å². The Bertz CT molecular complexity index is 616. The van der Waals surface area contributed by atoms with Gasteiger partial charge in [0.1, 0.15) is 5.82 Å². The van der Waals surface area contributed by atoms with Gasteiger partial charge in [-0.05, 0) is 29.5 Å². The van der Waals surface area contributed by atoms with E-state index in [1.165, 1.54) is 6.92 Å². The van der Waals surface area contributed by atoms with E-state index in [4.69, 9.17) is 11.6 Å². The first-order valence-electron chi connectivity index (χ1n) is 7.02. The monoisotopic (exact) mass is 326 g/mol. The molecule has 0 fully saturated rings. The summed E-state index contributed by atoms with van der Waals surface area (Å²) in [5.74, 6) is 0.715. The highest BCUT2D eigenvalue weighted by Crippen LogP contribution is 2.28.